The maximum Gasteiger partial charge on any atom is 0.227 e. The van der Waals surface area contributed by atoms with E-state index in [-0.39, 0.29) is 0 Å². The van der Waals surface area contributed by atoms with E-state index in [0.29, 0.717) is 25.7 Å². The van der Waals surface area contributed by atoms with Gasteiger partial charge in [-0.2, -0.15) is 0 Å². The van der Waals surface area contributed by atoms with Gasteiger partial charge in [-0.05, 0) is 25.7 Å². The van der Waals surface area contributed by atoms with Crippen LogP contribution in [0.15, 0.2) is 0 Å². The highest BCUT2D eigenvalue weighted by molar-refractivity contribution is 8.05. The van der Waals surface area contributed by atoms with Crippen LogP contribution >= 0.6 is 0 Å². The summed E-state index contributed by atoms with van der Waals surface area (Å²) in [5.41, 5.74) is 0. The first-order chi connectivity index (χ1) is 9.75. The molecule has 0 saturated carbocycles. The Balaban J connectivity index is 5.18. The van der Waals surface area contributed by atoms with Crippen molar-refractivity contribution in [3.05, 3.63) is 0 Å². The van der Waals surface area contributed by atoms with Crippen LogP contribution in [0.3, 0.4) is 0 Å². The van der Waals surface area contributed by atoms with Gasteiger partial charge >= 0.3 is 0 Å². The minimum atomic E-state index is -3.82. The minimum absolute atomic E-state index is 0.491. The van der Waals surface area contributed by atoms with Gasteiger partial charge in [-0.1, -0.05) is 53.4 Å². The summed E-state index contributed by atoms with van der Waals surface area (Å²) in [6.07, 6.45) is 4.85. The molecule has 7 heteroatoms. The smallest absolute Gasteiger partial charge is 0.211 e. The molecule has 1 N–H and O–H groups in total. The van der Waals surface area contributed by atoms with Crippen molar-refractivity contribution in [1.82, 2.24) is 4.13 Å². The normalized spacial score (nSPS) is 13.2. The second-order valence-electron chi connectivity index (χ2n) is 5.57. The highest BCUT2D eigenvalue weighted by Gasteiger charge is 2.33. The molecule has 0 aliphatic rings. The van der Waals surface area contributed by atoms with Crippen LogP contribution in [0.2, 0.25) is 0 Å². The number of nitrogens with one attached hydrogen (secondary N) is 1. The highest BCUT2D eigenvalue weighted by Crippen LogP contribution is 2.19. The van der Waals surface area contributed by atoms with Gasteiger partial charge < -0.3 is 0 Å². The fourth-order valence-electron chi connectivity index (χ4n) is 2.50. The van der Waals surface area contributed by atoms with Crippen LogP contribution in [0.5, 0.6) is 0 Å². The fourth-order valence-corrected chi connectivity index (χ4v) is 7.06. The molecule has 0 aromatic rings. The third kappa shape index (κ3) is 7.10. The third-order valence-corrected chi connectivity index (χ3v) is 8.11. The first-order valence-corrected chi connectivity index (χ1v) is 11.1. The average Bonchev–Trinajstić information content (AvgIpc) is 2.37. The lowest BCUT2D eigenvalue weighted by Crippen LogP contribution is -2.43. The summed E-state index contributed by atoms with van der Waals surface area (Å²) in [7, 11) is -7.65. The first kappa shape index (κ1) is 20.9. The van der Waals surface area contributed by atoms with Gasteiger partial charge in [0.2, 0.25) is 20.0 Å². The summed E-state index contributed by atoms with van der Waals surface area (Å²) < 4.78 is 51.4. The van der Waals surface area contributed by atoms with Gasteiger partial charge in [0.1, 0.15) is 0 Å². The minimum Gasteiger partial charge on any atom is -0.211 e. The van der Waals surface area contributed by atoms with Gasteiger partial charge in [-0.15, -0.1) is 4.13 Å². The SMILES string of the molecule is CCCC(CCC)S(=O)(=O)NS(=O)(=O)C(CCC)CCC. The Labute approximate surface area is 131 Å². The lowest BCUT2D eigenvalue weighted by molar-refractivity contribution is 0.534. The van der Waals surface area contributed by atoms with Crippen LogP contribution in [0.4, 0.5) is 0 Å². The topological polar surface area (TPSA) is 80.3 Å². The molecule has 0 aromatic heterocycles. The Bertz CT molecular complexity index is 415. The molecule has 0 aliphatic heterocycles. The number of sulfonamides is 2. The Kier molecular flexibility index (Phi) is 9.73. The quantitative estimate of drug-likeness (QED) is 0.591. The molecule has 0 fully saturated rings. The molecule has 0 heterocycles. The van der Waals surface area contributed by atoms with Crippen molar-refractivity contribution in [2.45, 2.75) is 89.6 Å². The summed E-state index contributed by atoms with van der Waals surface area (Å²) in [5.74, 6) is 0. The van der Waals surface area contributed by atoms with Crippen molar-refractivity contribution in [2.75, 3.05) is 0 Å². The lowest BCUT2D eigenvalue weighted by atomic mass is 10.2. The largest absolute Gasteiger partial charge is 0.227 e. The molecule has 0 atom stereocenters. The van der Waals surface area contributed by atoms with Gasteiger partial charge in [-0.3, -0.25) is 0 Å². The van der Waals surface area contributed by atoms with Crippen molar-refractivity contribution >= 4 is 20.0 Å². The number of hydrogen-bond donors (Lipinski definition) is 1. The van der Waals surface area contributed by atoms with Crippen molar-refractivity contribution in [1.29, 1.82) is 0 Å². The van der Waals surface area contributed by atoms with E-state index in [2.05, 4.69) is 0 Å². The Morgan fingerprint density at radius 1 is 0.619 bits per heavy atom. The molecule has 0 unspecified atom stereocenters. The maximum absolute atomic E-state index is 12.3. The molecule has 128 valence electrons. The number of hydrogen-bond acceptors (Lipinski definition) is 4. The second kappa shape index (κ2) is 9.79. The molecule has 0 saturated heterocycles. The average molecular weight is 342 g/mol. The second-order valence-corrected chi connectivity index (χ2v) is 9.75. The zero-order valence-electron chi connectivity index (χ0n) is 13.8. The standard InChI is InChI=1S/C14H31NO4S2/c1-5-9-13(10-6-2)20(16,17)15-21(18,19)14(11-7-3)12-8-4/h13-15H,5-12H2,1-4H3. The molecule has 0 radical (unpaired) electrons. The van der Waals surface area contributed by atoms with E-state index in [9.17, 15) is 16.8 Å². The van der Waals surface area contributed by atoms with E-state index in [1.54, 1.807) is 0 Å². The third-order valence-electron chi connectivity index (χ3n) is 3.55. The summed E-state index contributed by atoms with van der Waals surface area (Å²) in [6.45, 7) is 7.63. The molecule has 0 spiro atoms. The summed E-state index contributed by atoms with van der Waals surface area (Å²) in [4.78, 5) is 0. The van der Waals surface area contributed by atoms with Gasteiger partial charge in [0.15, 0.2) is 0 Å². The maximum atomic E-state index is 12.3. The Morgan fingerprint density at radius 2 is 0.857 bits per heavy atom. The molecule has 0 bridgehead atoms. The van der Waals surface area contributed by atoms with Crippen molar-refractivity contribution < 1.29 is 16.8 Å². The van der Waals surface area contributed by atoms with Gasteiger partial charge in [0.05, 0.1) is 10.5 Å². The molecule has 21 heavy (non-hydrogen) atoms. The fraction of sp³-hybridized carbons (Fsp3) is 1.00. The lowest BCUT2D eigenvalue weighted by Gasteiger charge is -2.21. The van der Waals surface area contributed by atoms with E-state index in [0.717, 1.165) is 25.7 Å². The molecule has 0 amide bonds. The highest BCUT2D eigenvalue weighted by atomic mass is 32.3. The van der Waals surface area contributed by atoms with Crippen LogP contribution in [0.1, 0.15) is 79.1 Å². The van der Waals surface area contributed by atoms with Crippen LogP contribution in [0.25, 0.3) is 0 Å². The van der Waals surface area contributed by atoms with Gasteiger partial charge in [-0.25, -0.2) is 16.8 Å². The number of rotatable bonds is 12. The van der Waals surface area contributed by atoms with E-state index in [1.165, 1.54) is 0 Å². The van der Waals surface area contributed by atoms with Crippen molar-refractivity contribution in [3.63, 3.8) is 0 Å². The Morgan fingerprint density at radius 3 is 1.05 bits per heavy atom. The van der Waals surface area contributed by atoms with E-state index >= 15 is 0 Å². The van der Waals surface area contributed by atoms with Crippen molar-refractivity contribution in [3.8, 4) is 0 Å². The predicted octanol–water partition coefficient (Wildman–Crippen LogP) is 3.17. The molecule has 0 aliphatic carbocycles. The molecule has 0 rings (SSSR count). The molecular weight excluding hydrogens is 310 g/mol. The summed E-state index contributed by atoms with van der Waals surface area (Å²) >= 11 is 0. The predicted molar refractivity (Wildman–Crippen MR) is 88.2 cm³/mol. The molecule has 0 aromatic carbocycles. The summed E-state index contributed by atoms with van der Waals surface area (Å²) in [6, 6.07) is 0. The van der Waals surface area contributed by atoms with E-state index in [4.69, 9.17) is 0 Å². The van der Waals surface area contributed by atoms with Crippen LogP contribution < -0.4 is 4.13 Å². The molecule has 5 nitrogen and oxygen atoms in total. The van der Waals surface area contributed by atoms with Crippen molar-refractivity contribution in [2.24, 2.45) is 0 Å². The zero-order chi connectivity index (χ0) is 16.5. The summed E-state index contributed by atoms with van der Waals surface area (Å²) in [5, 5.41) is -1.24. The van der Waals surface area contributed by atoms with E-state index < -0.39 is 30.5 Å². The van der Waals surface area contributed by atoms with Crippen LogP contribution in [0, 0.1) is 0 Å². The van der Waals surface area contributed by atoms with Gasteiger partial charge in [0.25, 0.3) is 0 Å². The van der Waals surface area contributed by atoms with Crippen LogP contribution in [-0.2, 0) is 20.0 Å². The Hall–Kier alpha value is -0.140. The van der Waals surface area contributed by atoms with Gasteiger partial charge in [0, 0.05) is 0 Å². The molecular formula is C14H31NO4S2. The van der Waals surface area contributed by atoms with E-state index in [1.807, 2.05) is 31.8 Å². The monoisotopic (exact) mass is 341 g/mol. The van der Waals surface area contributed by atoms with Crippen LogP contribution in [-0.4, -0.2) is 27.3 Å². The zero-order valence-corrected chi connectivity index (χ0v) is 15.4. The first-order valence-electron chi connectivity index (χ1n) is 8.01.